The molecule has 92 valence electrons. The van der Waals surface area contributed by atoms with Crippen molar-refractivity contribution in [2.75, 3.05) is 6.54 Å². The second-order valence-electron chi connectivity index (χ2n) is 4.90. The average Bonchev–Trinajstić information content (AvgIpc) is 3.10. The van der Waals surface area contributed by atoms with Crippen molar-refractivity contribution in [3.8, 4) is 0 Å². The van der Waals surface area contributed by atoms with Crippen LogP contribution in [-0.2, 0) is 6.54 Å². The number of amidine groups is 1. The molecule has 0 aromatic heterocycles. The summed E-state index contributed by atoms with van der Waals surface area (Å²) >= 11 is 0. The first-order valence-electron chi connectivity index (χ1n) is 6.28. The Labute approximate surface area is 103 Å². The predicted octanol–water partition coefficient (Wildman–Crippen LogP) is 2.29. The lowest BCUT2D eigenvalue weighted by Crippen LogP contribution is -2.29. The predicted molar refractivity (Wildman–Crippen MR) is 71.1 cm³/mol. The normalized spacial score (nSPS) is 15.2. The Morgan fingerprint density at radius 2 is 2.12 bits per heavy atom. The molecule has 1 aromatic rings. The van der Waals surface area contributed by atoms with Crippen molar-refractivity contribution in [2.24, 2.45) is 5.73 Å². The standard InChI is InChI=1S/C14H21N3/c1-11-4-2-3-5-12(11)10-17(13-6-7-13)9-8-14(15)16/h2-5,13H,6-10H2,1H3,(H3,15,16). The van der Waals surface area contributed by atoms with Crippen LogP contribution in [0.1, 0.15) is 30.4 Å². The molecule has 0 spiro atoms. The van der Waals surface area contributed by atoms with E-state index >= 15 is 0 Å². The van der Waals surface area contributed by atoms with E-state index < -0.39 is 0 Å². The van der Waals surface area contributed by atoms with Gasteiger partial charge in [0, 0.05) is 25.6 Å². The van der Waals surface area contributed by atoms with Crippen LogP contribution < -0.4 is 5.73 Å². The van der Waals surface area contributed by atoms with Crippen LogP contribution in [0.3, 0.4) is 0 Å². The summed E-state index contributed by atoms with van der Waals surface area (Å²) in [6.45, 7) is 4.06. The van der Waals surface area contributed by atoms with E-state index in [1.807, 2.05) is 0 Å². The molecule has 1 aliphatic rings. The van der Waals surface area contributed by atoms with E-state index in [9.17, 15) is 0 Å². The van der Waals surface area contributed by atoms with Crippen LogP contribution in [0.5, 0.6) is 0 Å². The summed E-state index contributed by atoms with van der Waals surface area (Å²) in [6.07, 6.45) is 3.27. The first-order chi connectivity index (χ1) is 8.16. The average molecular weight is 231 g/mol. The van der Waals surface area contributed by atoms with Gasteiger partial charge in [0.2, 0.25) is 0 Å². The maximum atomic E-state index is 7.32. The molecular weight excluding hydrogens is 210 g/mol. The Morgan fingerprint density at radius 3 is 2.71 bits per heavy atom. The SMILES string of the molecule is Cc1ccccc1CN(CCC(=N)N)C1CC1. The topological polar surface area (TPSA) is 53.1 Å². The second kappa shape index (κ2) is 5.32. The van der Waals surface area contributed by atoms with Crippen LogP contribution in [0.4, 0.5) is 0 Å². The molecule has 0 heterocycles. The number of nitrogens with one attached hydrogen (secondary N) is 1. The van der Waals surface area contributed by atoms with E-state index in [2.05, 4.69) is 36.1 Å². The number of hydrogen-bond donors (Lipinski definition) is 2. The molecule has 0 amide bonds. The van der Waals surface area contributed by atoms with Crippen molar-refractivity contribution in [3.05, 3.63) is 35.4 Å². The number of aryl methyl sites for hydroxylation is 1. The molecule has 17 heavy (non-hydrogen) atoms. The van der Waals surface area contributed by atoms with Gasteiger partial charge in [-0.1, -0.05) is 24.3 Å². The maximum Gasteiger partial charge on any atom is 0.0918 e. The van der Waals surface area contributed by atoms with Gasteiger partial charge in [0.25, 0.3) is 0 Å². The van der Waals surface area contributed by atoms with Crippen molar-refractivity contribution in [3.63, 3.8) is 0 Å². The number of nitrogens with two attached hydrogens (primary N) is 1. The molecule has 3 heteroatoms. The van der Waals surface area contributed by atoms with Gasteiger partial charge in [0.05, 0.1) is 5.84 Å². The van der Waals surface area contributed by atoms with Gasteiger partial charge in [-0.15, -0.1) is 0 Å². The van der Waals surface area contributed by atoms with Crippen LogP contribution in [0.2, 0.25) is 0 Å². The fourth-order valence-corrected chi connectivity index (χ4v) is 2.10. The highest BCUT2D eigenvalue weighted by Gasteiger charge is 2.28. The molecule has 1 aliphatic carbocycles. The number of benzene rings is 1. The fourth-order valence-electron chi connectivity index (χ4n) is 2.10. The molecule has 0 saturated heterocycles. The first kappa shape index (κ1) is 12.1. The summed E-state index contributed by atoms with van der Waals surface area (Å²) in [5, 5.41) is 7.32. The Balaban J connectivity index is 1.97. The molecule has 0 aliphatic heterocycles. The third-order valence-electron chi connectivity index (χ3n) is 3.37. The number of rotatable bonds is 6. The molecule has 1 aromatic carbocycles. The quantitative estimate of drug-likeness (QED) is 0.583. The van der Waals surface area contributed by atoms with Crippen LogP contribution >= 0.6 is 0 Å². The summed E-state index contributed by atoms with van der Waals surface area (Å²) < 4.78 is 0. The molecule has 1 saturated carbocycles. The Bertz CT molecular complexity index is 396. The van der Waals surface area contributed by atoms with Crippen molar-refractivity contribution in [1.29, 1.82) is 5.41 Å². The van der Waals surface area contributed by atoms with Gasteiger partial charge in [-0.05, 0) is 30.9 Å². The number of nitrogens with zero attached hydrogens (tertiary/aromatic N) is 1. The van der Waals surface area contributed by atoms with E-state index in [4.69, 9.17) is 11.1 Å². The highest BCUT2D eigenvalue weighted by molar-refractivity contribution is 5.76. The largest absolute Gasteiger partial charge is 0.388 e. The molecule has 1 fully saturated rings. The Hall–Kier alpha value is -1.35. The summed E-state index contributed by atoms with van der Waals surface area (Å²) in [6, 6.07) is 9.24. The second-order valence-corrected chi connectivity index (χ2v) is 4.90. The molecule has 0 unspecified atom stereocenters. The summed E-state index contributed by atoms with van der Waals surface area (Å²) in [5.41, 5.74) is 8.18. The van der Waals surface area contributed by atoms with Gasteiger partial charge in [0.1, 0.15) is 0 Å². The lowest BCUT2D eigenvalue weighted by Gasteiger charge is -2.22. The van der Waals surface area contributed by atoms with Crippen molar-refractivity contribution in [2.45, 2.75) is 38.8 Å². The van der Waals surface area contributed by atoms with E-state index in [0.717, 1.165) is 13.1 Å². The molecule has 3 nitrogen and oxygen atoms in total. The molecule has 0 radical (unpaired) electrons. The van der Waals surface area contributed by atoms with Crippen LogP contribution in [0.15, 0.2) is 24.3 Å². The molecule has 0 bridgehead atoms. The monoisotopic (exact) mass is 231 g/mol. The summed E-state index contributed by atoms with van der Waals surface area (Å²) in [4.78, 5) is 2.46. The van der Waals surface area contributed by atoms with E-state index in [1.165, 1.54) is 24.0 Å². The van der Waals surface area contributed by atoms with E-state index in [-0.39, 0.29) is 0 Å². The highest BCUT2D eigenvalue weighted by Crippen LogP contribution is 2.28. The first-order valence-corrected chi connectivity index (χ1v) is 6.28. The van der Waals surface area contributed by atoms with Gasteiger partial charge < -0.3 is 5.73 Å². The van der Waals surface area contributed by atoms with Gasteiger partial charge in [-0.2, -0.15) is 0 Å². The van der Waals surface area contributed by atoms with Gasteiger partial charge in [0.15, 0.2) is 0 Å². The Morgan fingerprint density at radius 1 is 1.41 bits per heavy atom. The van der Waals surface area contributed by atoms with Crippen molar-refractivity contribution < 1.29 is 0 Å². The highest BCUT2D eigenvalue weighted by atomic mass is 15.2. The molecular formula is C14H21N3. The molecule has 0 atom stereocenters. The van der Waals surface area contributed by atoms with Crippen molar-refractivity contribution >= 4 is 5.84 Å². The fraction of sp³-hybridized carbons (Fsp3) is 0.500. The van der Waals surface area contributed by atoms with Crippen LogP contribution in [0, 0.1) is 12.3 Å². The maximum absolute atomic E-state index is 7.32. The lowest BCUT2D eigenvalue weighted by molar-refractivity contribution is 0.261. The third kappa shape index (κ3) is 3.56. The zero-order chi connectivity index (χ0) is 12.3. The minimum atomic E-state index is 0.292. The van der Waals surface area contributed by atoms with Gasteiger partial charge in [-0.25, -0.2) is 0 Å². The molecule has 2 rings (SSSR count). The van der Waals surface area contributed by atoms with Crippen LogP contribution in [-0.4, -0.2) is 23.3 Å². The van der Waals surface area contributed by atoms with E-state index in [1.54, 1.807) is 0 Å². The lowest BCUT2D eigenvalue weighted by atomic mass is 10.1. The molecule has 3 N–H and O–H groups in total. The zero-order valence-electron chi connectivity index (χ0n) is 10.4. The minimum absolute atomic E-state index is 0.292. The summed E-state index contributed by atoms with van der Waals surface area (Å²) in [5.74, 6) is 0.292. The summed E-state index contributed by atoms with van der Waals surface area (Å²) in [7, 11) is 0. The van der Waals surface area contributed by atoms with Crippen LogP contribution in [0.25, 0.3) is 0 Å². The number of hydrogen-bond acceptors (Lipinski definition) is 2. The van der Waals surface area contributed by atoms with Gasteiger partial charge in [-0.3, -0.25) is 10.3 Å². The smallest absolute Gasteiger partial charge is 0.0918 e. The van der Waals surface area contributed by atoms with Gasteiger partial charge >= 0.3 is 0 Å². The van der Waals surface area contributed by atoms with E-state index in [0.29, 0.717) is 18.3 Å². The minimum Gasteiger partial charge on any atom is -0.388 e. The zero-order valence-corrected chi connectivity index (χ0v) is 10.4. The Kier molecular flexibility index (Phi) is 3.79. The third-order valence-corrected chi connectivity index (χ3v) is 3.37. The van der Waals surface area contributed by atoms with Crippen molar-refractivity contribution in [1.82, 2.24) is 4.90 Å².